The molecule has 1 aliphatic heterocycles. The van der Waals surface area contributed by atoms with E-state index < -0.39 is 28.7 Å². The zero-order chi connectivity index (χ0) is 28.0. The summed E-state index contributed by atoms with van der Waals surface area (Å²) in [6, 6.07) is 9.65. The van der Waals surface area contributed by atoms with Crippen molar-refractivity contribution in [2.45, 2.75) is 117 Å². The topological polar surface area (TPSA) is 90.9 Å². The average molecular weight is 516 g/mol. The lowest BCUT2D eigenvalue weighted by molar-refractivity contribution is -0.246. The highest BCUT2D eigenvalue weighted by molar-refractivity contribution is 5.81. The maximum absolute atomic E-state index is 13.6. The predicted octanol–water partition coefficient (Wildman–Crippen LogP) is 5.87. The molecule has 7 nitrogen and oxygen atoms in total. The first-order valence-electron chi connectivity index (χ1n) is 13.5. The average Bonchev–Trinajstić information content (AvgIpc) is 2.73. The van der Waals surface area contributed by atoms with Crippen LogP contribution in [0.3, 0.4) is 0 Å². The molecule has 0 spiro atoms. The second-order valence-electron chi connectivity index (χ2n) is 13.1. The molecule has 3 N–H and O–H groups in total. The van der Waals surface area contributed by atoms with Crippen LogP contribution in [0.4, 0.5) is 4.79 Å². The second-order valence-corrected chi connectivity index (χ2v) is 13.1. The lowest BCUT2D eigenvalue weighted by atomic mass is 9.78. The van der Waals surface area contributed by atoms with Crippen molar-refractivity contribution in [3.8, 4) is 0 Å². The molecular weight excluding hydrogens is 466 g/mol. The molecule has 0 aromatic heterocycles. The standard InChI is InChI=1S/C30H49N3O4/c1-21(2)17-24(32-27(35)37-28(3,4)5)16-15-23(18-22-13-11-10-12-14-22)26(34)31-25-19-29(6,7)33(36)30(8,9)20-25/h10-16,21,23-25,36H,17-20H2,1-9H3,(H,31,34)(H,32,35)/t23?,24-/m1/s1. The van der Waals surface area contributed by atoms with Crippen LogP contribution in [0.5, 0.6) is 0 Å². The van der Waals surface area contributed by atoms with Crippen LogP contribution in [-0.2, 0) is 16.0 Å². The van der Waals surface area contributed by atoms with Crippen LogP contribution >= 0.6 is 0 Å². The number of hydrogen-bond donors (Lipinski definition) is 3. The fourth-order valence-electron chi connectivity index (χ4n) is 5.22. The maximum Gasteiger partial charge on any atom is 0.408 e. The third-order valence-corrected chi connectivity index (χ3v) is 6.62. The van der Waals surface area contributed by atoms with Gasteiger partial charge in [0.05, 0.1) is 12.0 Å². The minimum Gasteiger partial charge on any atom is -0.444 e. The number of hydroxylamine groups is 2. The molecule has 7 heteroatoms. The summed E-state index contributed by atoms with van der Waals surface area (Å²) in [5.41, 5.74) is -0.426. The van der Waals surface area contributed by atoms with E-state index in [9.17, 15) is 14.8 Å². The Balaban J connectivity index is 2.24. The van der Waals surface area contributed by atoms with E-state index in [0.29, 0.717) is 25.2 Å². The van der Waals surface area contributed by atoms with E-state index in [-0.39, 0.29) is 18.0 Å². The first kappa shape index (κ1) is 30.8. The van der Waals surface area contributed by atoms with E-state index in [4.69, 9.17) is 4.74 Å². The summed E-state index contributed by atoms with van der Waals surface area (Å²) in [5.74, 6) is -0.112. The third-order valence-electron chi connectivity index (χ3n) is 6.62. The summed E-state index contributed by atoms with van der Waals surface area (Å²) in [6.45, 7) is 17.7. The number of carbonyl (C=O) groups is 2. The molecule has 1 aliphatic rings. The minimum absolute atomic E-state index is 0.0522. The predicted molar refractivity (Wildman–Crippen MR) is 148 cm³/mol. The van der Waals surface area contributed by atoms with Crippen LogP contribution in [0.1, 0.15) is 87.1 Å². The number of ether oxygens (including phenoxy) is 1. The molecule has 2 atom stereocenters. The van der Waals surface area contributed by atoms with Gasteiger partial charge in [-0.2, -0.15) is 5.06 Å². The van der Waals surface area contributed by atoms with Gasteiger partial charge in [0.1, 0.15) is 5.60 Å². The number of alkyl carbamates (subject to hydrolysis) is 1. The molecule has 0 bridgehead atoms. The Hall–Kier alpha value is -2.38. The monoisotopic (exact) mass is 515 g/mol. The van der Waals surface area contributed by atoms with E-state index in [2.05, 4.69) is 24.5 Å². The molecule has 0 radical (unpaired) electrons. The van der Waals surface area contributed by atoms with Gasteiger partial charge >= 0.3 is 6.09 Å². The molecule has 1 saturated heterocycles. The van der Waals surface area contributed by atoms with E-state index in [1.54, 1.807) is 0 Å². The molecule has 0 aliphatic carbocycles. The van der Waals surface area contributed by atoms with Crippen molar-refractivity contribution in [3.05, 3.63) is 48.0 Å². The summed E-state index contributed by atoms with van der Waals surface area (Å²) in [6.07, 6.45) is 5.97. The van der Waals surface area contributed by atoms with Crippen LogP contribution in [0, 0.1) is 11.8 Å². The zero-order valence-electron chi connectivity index (χ0n) is 24.3. The van der Waals surface area contributed by atoms with Gasteiger partial charge in [0, 0.05) is 17.1 Å². The molecule has 208 valence electrons. The van der Waals surface area contributed by atoms with Crippen molar-refractivity contribution in [1.29, 1.82) is 0 Å². The Bertz CT molecular complexity index is 901. The molecule has 2 amide bonds. The molecule has 37 heavy (non-hydrogen) atoms. The van der Waals surface area contributed by atoms with E-state index in [0.717, 1.165) is 12.0 Å². The Morgan fingerprint density at radius 1 is 1.08 bits per heavy atom. The number of carbonyl (C=O) groups excluding carboxylic acids is 2. The van der Waals surface area contributed by atoms with Gasteiger partial charge < -0.3 is 20.6 Å². The second kappa shape index (κ2) is 12.4. The van der Waals surface area contributed by atoms with Crippen LogP contribution in [0.25, 0.3) is 0 Å². The highest BCUT2D eigenvalue weighted by Gasteiger charge is 2.45. The molecule has 1 aromatic carbocycles. The Morgan fingerprint density at radius 2 is 1.65 bits per heavy atom. The van der Waals surface area contributed by atoms with Crippen LogP contribution in [-0.4, -0.2) is 51.0 Å². The lowest BCUT2D eigenvalue weighted by Crippen LogP contribution is -2.63. The summed E-state index contributed by atoms with van der Waals surface area (Å²) in [5, 5.41) is 18.3. The molecule has 1 aromatic rings. The number of hydrogen-bond acceptors (Lipinski definition) is 5. The van der Waals surface area contributed by atoms with Gasteiger partial charge in [0.25, 0.3) is 0 Å². The normalized spacial score (nSPS) is 20.0. The van der Waals surface area contributed by atoms with Crippen molar-refractivity contribution in [1.82, 2.24) is 15.7 Å². The Morgan fingerprint density at radius 3 is 2.16 bits per heavy atom. The quantitative estimate of drug-likeness (QED) is 0.358. The van der Waals surface area contributed by atoms with Crippen molar-refractivity contribution in [2.75, 3.05) is 0 Å². The van der Waals surface area contributed by atoms with Gasteiger partial charge in [-0.05, 0) is 85.6 Å². The van der Waals surface area contributed by atoms with Crippen LogP contribution < -0.4 is 10.6 Å². The van der Waals surface area contributed by atoms with Crippen molar-refractivity contribution in [3.63, 3.8) is 0 Å². The molecule has 1 unspecified atom stereocenters. The number of nitrogens with one attached hydrogen (secondary N) is 2. The van der Waals surface area contributed by atoms with Crippen LogP contribution in [0.15, 0.2) is 42.5 Å². The van der Waals surface area contributed by atoms with Gasteiger partial charge in [-0.25, -0.2) is 4.79 Å². The van der Waals surface area contributed by atoms with Crippen molar-refractivity contribution in [2.24, 2.45) is 11.8 Å². The SMILES string of the molecule is CC(C)C[C@@H](C=CC(Cc1ccccc1)C(=O)NC1CC(C)(C)N(O)C(C)(C)C1)NC(=O)OC(C)(C)C. The number of benzene rings is 1. The summed E-state index contributed by atoms with van der Waals surface area (Å²) >= 11 is 0. The van der Waals surface area contributed by atoms with E-state index >= 15 is 0 Å². The molecule has 0 saturated carbocycles. The highest BCUT2D eigenvalue weighted by atomic mass is 16.6. The van der Waals surface area contributed by atoms with Crippen molar-refractivity contribution < 1.29 is 19.5 Å². The highest BCUT2D eigenvalue weighted by Crippen LogP contribution is 2.36. The number of nitrogens with zero attached hydrogens (tertiary/aromatic N) is 1. The zero-order valence-corrected chi connectivity index (χ0v) is 24.3. The van der Waals surface area contributed by atoms with Crippen LogP contribution in [0.2, 0.25) is 0 Å². The maximum atomic E-state index is 13.6. The van der Waals surface area contributed by atoms with Gasteiger partial charge in [0.2, 0.25) is 5.91 Å². The fraction of sp³-hybridized carbons (Fsp3) is 0.667. The number of piperidine rings is 1. The van der Waals surface area contributed by atoms with Gasteiger partial charge in [-0.15, -0.1) is 0 Å². The first-order valence-corrected chi connectivity index (χ1v) is 13.5. The number of amides is 2. The minimum atomic E-state index is -0.586. The smallest absolute Gasteiger partial charge is 0.408 e. The van der Waals surface area contributed by atoms with E-state index in [1.165, 1.54) is 5.06 Å². The van der Waals surface area contributed by atoms with Gasteiger partial charge in [-0.3, -0.25) is 4.79 Å². The largest absolute Gasteiger partial charge is 0.444 e. The summed E-state index contributed by atoms with van der Waals surface area (Å²) in [7, 11) is 0. The van der Waals surface area contributed by atoms with Crippen molar-refractivity contribution >= 4 is 12.0 Å². The molecule has 1 heterocycles. The third kappa shape index (κ3) is 10.1. The number of rotatable bonds is 9. The summed E-state index contributed by atoms with van der Waals surface area (Å²) in [4.78, 5) is 26.1. The summed E-state index contributed by atoms with van der Waals surface area (Å²) < 4.78 is 5.46. The molecule has 2 rings (SSSR count). The molecule has 1 fully saturated rings. The van der Waals surface area contributed by atoms with Gasteiger partial charge in [-0.1, -0.05) is 56.3 Å². The van der Waals surface area contributed by atoms with Gasteiger partial charge in [0.15, 0.2) is 0 Å². The molecular formula is C30H49N3O4. The Labute approximate surface area is 224 Å². The lowest BCUT2D eigenvalue weighted by Gasteiger charge is -2.51. The fourth-order valence-corrected chi connectivity index (χ4v) is 5.22. The first-order chi connectivity index (χ1) is 17.0. The van der Waals surface area contributed by atoms with E-state index in [1.807, 2.05) is 91.0 Å². The Kier molecular flexibility index (Phi) is 10.4.